The second-order valence-electron chi connectivity index (χ2n) is 5.47. The van der Waals surface area contributed by atoms with Crippen LogP contribution in [-0.2, 0) is 6.42 Å². The Bertz CT molecular complexity index is 488. The molecule has 3 heteroatoms. The molecule has 0 saturated heterocycles. The van der Waals surface area contributed by atoms with Gasteiger partial charge in [0.25, 0.3) is 0 Å². The Labute approximate surface area is 115 Å². The Morgan fingerprint density at radius 1 is 1.16 bits per heavy atom. The predicted molar refractivity (Wildman–Crippen MR) is 80.4 cm³/mol. The Morgan fingerprint density at radius 3 is 2.58 bits per heavy atom. The van der Waals surface area contributed by atoms with E-state index in [1.807, 2.05) is 6.20 Å². The van der Waals surface area contributed by atoms with E-state index >= 15 is 0 Å². The number of hydrogen-bond donors (Lipinski definition) is 1. The van der Waals surface area contributed by atoms with Crippen LogP contribution in [0.1, 0.15) is 32.4 Å². The number of nitrogens with one attached hydrogen (secondary N) is 1. The van der Waals surface area contributed by atoms with E-state index in [1.165, 1.54) is 5.56 Å². The van der Waals surface area contributed by atoms with E-state index in [0.29, 0.717) is 12.0 Å². The molecule has 102 valence electrons. The molecule has 0 amide bonds. The minimum Gasteiger partial charge on any atom is -0.355 e. The van der Waals surface area contributed by atoms with Crippen molar-refractivity contribution in [2.45, 2.75) is 33.2 Å². The van der Waals surface area contributed by atoms with E-state index in [9.17, 15) is 0 Å². The summed E-state index contributed by atoms with van der Waals surface area (Å²) in [5, 5.41) is 3.41. The van der Waals surface area contributed by atoms with Gasteiger partial charge in [0.05, 0.1) is 0 Å². The summed E-state index contributed by atoms with van der Waals surface area (Å²) in [6.07, 6.45) is 4.94. The van der Waals surface area contributed by atoms with E-state index in [-0.39, 0.29) is 0 Å². The quantitative estimate of drug-likeness (QED) is 0.854. The maximum absolute atomic E-state index is 4.40. The van der Waals surface area contributed by atoms with Gasteiger partial charge in [-0.2, -0.15) is 0 Å². The summed E-state index contributed by atoms with van der Waals surface area (Å²) < 4.78 is 2.22. The fourth-order valence-electron chi connectivity index (χ4n) is 2.15. The number of imidazole rings is 1. The lowest BCUT2D eigenvalue weighted by molar-refractivity contribution is 0.546. The highest BCUT2D eigenvalue weighted by molar-refractivity contribution is 5.27. The second-order valence-corrected chi connectivity index (χ2v) is 5.47. The third kappa shape index (κ3) is 3.85. The van der Waals surface area contributed by atoms with Crippen LogP contribution in [0.2, 0.25) is 0 Å². The minimum atomic E-state index is 0.402. The van der Waals surface area contributed by atoms with Crippen molar-refractivity contribution in [3.63, 3.8) is 0 Å². The maximum atomic E-state index is 4.40. The molecular formula is C16H23N3. The van der Waals surface area contributed by atoms with Crippen molar-refractivity contribution in [1.29, 1.82) is 0 Å². The third-order valence-electron chi connectivity index (χ3n) is 3.19. The van der Waals surface area contributed by atoms with Gasteiger partial charge < -0.3 is 9.88 Å². The summed E-state index contributed by atoms with van der Waals surface area (Å²) in [7, 11) is 0. The van der Waals surface area contributed by atoms with Crippen molar-refractivity contribution in [2.75, 3.05) is 11.9 Å². The largest absolute Gasteiger partial charge is 0.355 e. The van der Waals surface area contributed by atoms with Crippen LogP contribution in [0.3, 0.4) is 0 Å². The average molecular weight is 257 g/mol. The van der Waals surface area contributed by atoms with Gasteiger partial charge in [-0.3, -0.25) is 0 Å². The van der Waals surface area contributed by atoms with Crippen molar-refractivity contribution < 1.29 is 0 Å². The van der Waals surface area contributed by atoms with Gasteiger partial charge >= 0.3 is 0 Å². The Kier molecular flexibility index (Phi) is 4.61. The smallest absolute Gasteiger partial charge is 0.203 e. The highest BCUT2D eigenvalue weighted by Crippen LogP contribution is 2.18. The maximum Gasteiger partial charge on any atom is 0.203 e. The van der Waals surface area contributed by atoms with Crippen LogP contribution in [0.5, 0.6) is 0 Å². The van der Waals surface area contributed by atoms with Crippen LogP contribution >= 0.6 is 0 Å². The molecule has 2 rings (SSSR count). The van der Waals surface area contributed by atoms with Crippen LogP contribution in [0, 0.1) is 5.92 Å². The van der Waals surface area contributed by atoms with Crippen LogP contribution in [-0.4, -0.2) is 16.1 Å². The van der Waals surface area contributed by atoms with Crippen molar-refractivity contribution >= 4 is 5.95 Å². The summed E-state index contributed by atoms with van der Waals surface area (Å²) in [4.78, 5) is 4.40. The molecule has 19 heavy (non-hydrogen) atoms. The van der Waals surface area contributed by atoms with Crippen LogP contribution in [0.4, 0.5) is 5.95 Å². The third-order valence-corrected chi connectivity index (χ3v) is 3.19. The van der Waals surface area contributed by atoms with E-state index in [2.05, 4.69) is 72.2 Å². The molecule has 1 unspecified atom stereocenters. The lowest BCUT2D eigenvalue weighted by Crippen LogP contribution is -2.15. The van der Waals surface area contributed by atoms with E-state index < -0.39 is 0 Å². The molecule has 2 aromatic rings. The Balaban J connectivity index is 2.03. The van der Waals surface area contributed by atoms with E-state index in [1.54, 1.807) is 0 Å². The topological polar surface area (TPSA) is 29.9 Å². The molecule has 1 atom stereocenters. The molecule has 1 aromatic carbocycles. The second kappa shape index (κ2) is 6.41. The summed E-state index contributed by atoms with van der Waals surface area (Å²) in [6.45, 7) is 7.59. The van der Waals surface area contributed by atoms with E-state index in [4.69, 9.17) is 0 Å². The monoisotopic (exact) mass is 257 g/mol. The summed E-state index contributed by atoms with van der Waals surface area (Å²) in [5.74, 6) is 1.59. The molecule has 0 aliphatic carbocycles. The first-order valence-electron chi connectivity index (χ1n) is 6.97. The molecule has 0 radical (unpaired) electrons. The highest BCUT2D eigenvalue weighted by Gasteiger charge is 2.10. The molecule has 1 aromatic heterocycles. The number of benzene rings is 1. The van der Waals surface area contributed by atoms with Gasteiger partial charge in [-0.05, 0) is 24.8 Å². The lowest BCUT2D eigenvalue weighted by atomic mass is 10.1. The summed E-state index contributed by atoms with van der Waals surface area (Å²) >= 11 is 0. The molecule has 3 nitrogen and oxygen atoms in total. The summed E-state index contributed by atoms with van der Waals surface area (Å²) in [5.41, 5.74) is 1.36. The van der Waals surface area contributed by atoms with Crippen molar-refractivity contribution in [1.82, 2.24) is 9.55 Å². The van der Waals surface area contributed by atoms with Crippen molar-refractivity contribution in [3.8, 4) is 0 Å². The molecule has 0 aliphatic rings. The van der Waals surface area contributed by atoms with Gasteiger partial charge in [-0.1, -0.05) is 44.2 Å². The molecule has 1 heterocycles. The standard InChI is InChI=1S/C16H23N3/c1-13(2)12-18-16-17-9-10-19(16)14(3)11-15-7-5-4-6-8-15/h4-10,13-14H,11-12H2,1-3H3,(H,17,18). The molecule has 0 bridgehead atoms. The first kappa shape index (κ1) is 13.7. The van der Waals surface area contributed by atoms with Crippen LogP contribution in [0.15, 0.2) is 42.7 Å². The van der Waals surface area contributed by atoms with E-state index in [0.717, 1.165) is 18.9 Å². The predicted octanol–water partition coefficient (Wildman–Crippen LogP) is 3.75. The molecule has 0 fully saturated rings. The fourth-order valence-corrected chi connectivity index (χ4v) is 2.15. The normalized spacial score (nSPS) is 12.6. The van der Waals surface area contributed by atoms with Gasteiger partial charge in [0.2, 0.25) is 5.95 Å². The lowest BCUT2D eigenvalue weighted by Gasteiger charge is -2.18. The van der Waals surface area contributed by atoms with Crippen molar-refractivity contribution in [3.05, 3.63) is 48.3 Å². The zero-order chi connectivity index (χ0) is 13.7. The van der Waals surface area contributed by atoms with Gasteiger partial charge in [0, 0.05) is 25.0 Å². The van der Waals surface area contributed by atoms with Crippen LogP contribution < -0.4 is 5.32 Å². The molecule has 0 spiro atoms. The molecule has 0 aliphatic heterocycles. The molecular weight excluding hydrogens is 234 g/mol. The first-order valence-corrected chi connectivity index (χ1v) is 6.97. The van der Waals surface area contributed by atoms with Crippen LogP contribution in [0.25, 0.3) is 0 Å². The number of nitrogens with zero attached hydrogens (tertiary/aromatic N) is 2. The Hall–Kier alpha value is -1.77. The SMILES string of the molecule is CC(C)CNc1nccn1C(C)Cc1ccccc1. The highest BCUT2D eigenvalue weighted by atomic mass is 15.2. The van der Waals surface area contributed by atoms with Gasteiger partial charge in [0.1, 0.15) is 0 Å². The van der Waals surface area contributed by atoms with Gasteiger partial charge in [-0.25, -0.2) is 4.98 Å². The number of rotatable bonds is 6. The first-order chi connectivity index (χ1) is 9.16. The Morgan fingerprint density at radius 2 is 1.89 bits per heavy atom. The fraction of sp³-hybridized carbons (Fsp3) is 0.438. The molecule has 0 saturated carbocycles. The summed E-state index contributed by atoms with van der Waals surface area (Å²) in [6, 6.07) is 11.0. The zero-order valence-electron chi connectivity index (χ0n) is 12.0. The van der Waals surface area contributed by atoms with Gasteiger partial charge in [0.15, 0.2) is 0 Å². The number of aromatic nitrogens is 2. The minimum absolute atomic E-state index is 0.402. The molecule has 1 N–H and O–H groups in total. The van der Waals surface area contributed by atoms with Crippen molar-refractivity contribution in [2.24, 2.45) is 5.92 Å². The zero-order valence-corrected chi connectivity index (χ0v) is 12.0. The van der Waals surface area contributed by atoms with Gasteiger partial charge in [-0.15, -0.1) is 0 Å². The number of hydrogen-bond acceptors (Lipinski definition) is 2. The number of anilines is 1. The average Bonchev–Trinajstić information content (AvgIpc) is 2.86.